The van der Waals surface area contributed by atoms with E-state index >= 15 is 0 Å². The van der Waals surface area contributed by atoms with Crippen LogP contribution in [-0.2, 0) is 4.79 Å². The van der Waals surface area contributed by atoms with E-state index in [0.717, 1.165) is 6.08 Å². The lowest BCUT2D eigenvalue weighted by Gasteiger charge is -1.86. The van der Waals surface area contributed by atoms with Crippen molar-refractivity contribution in [1.82, 2.24) is 0 Å². The molecule has 0 aliphatic heterocycles. The summed E-state index contributed by atoms with van der Waals surface area (Å²) < 4.78 is 0. The van der Waals surface area contributed by atoms with E-state index in [4.69, 9.17) is 5.11 Å². The van der Waals surface area contributed by atoms with Gasteiger partial charge in [0.1, 0.15) is 0 Å². The number of carboxylic acids is 1. The fourth-order valence-corrected chi connectivity index (χ4v) is 0.368. The molecule has 1 unspecified atom stereocenters. The fourth-order valence-electron chi connectivity index (χ4n) is 0.215. The summed E-state index contributed by atoms with van der Waals surface area (Å²) in [5, 5.41) is 8.05. The van der Waals surface area contributed by atoms with Crippen molar-refractivity contribution in [3.8, 4) is 0 Å². The maximum atomic E-state index is 9.80. The van der Waals surface area contributed by atoms with Gasteiger partial charge in [-0.15, -0.1) is 0 Å². The Labute approximate surface area is 56.3 Å². The van der Waals surface area contributed by atoms with Crippen molar-refractivity contribution in [2.45, 2.75) is 11.8 Å². The molecule has 0 aliphatic rings. The second-order valence-corrected chi connectivity index (χ2v) is 2.82. The molecule has 0 heterocycles. The van der Waals surface area contributed by atoms with Gasteiger partial charge in [-0.25, -0.2) is 4.79 Å². The van der Waals surface area contributed by atoms with Crippen molar-refractivity contribution in [2.75, 3.05) is 0 Å². The zero-order valence-corrected chi connectivity index (χ0v) is 6.05. The highest BCUT2D eigenvalue weighted by Gasteiger charge is 1.87. The summed E-state index contributed by atoms with van der Waals surface area (Å²) in [7, 11) is 0. The molecule has 0 aromatic heterocycles. The molecule has 0 rings (SSSR count). The maximum absolute atomic E-state index is 9.80. The molecule has 3 heteroatoms. The zero-order valence-electron chi connectivity index (χ0n) is 4.47. The molecule has 8 heavy (non-hydrogen) atoms. The Morgan fingerprint density at radius 2 is 2.38 bits per heavy atom. The Hall–Kier alpha value is -0.310. The van der Waals surface area contributed by atoms with Crippen LogP contribution in [0.25, 0.3) is 0 Å². The van der Waals surface area contributed by atoms with Crippen LogP contribution in [0, 0.1) is 0 Å². The number of alkyl halides is 1. The number of hydrogen-bond donors (Lipinski definition) is 1. The maximum Gasteiger partial charge on any atom is 0.328 e. The molecule has 0 aromatic carbocycles. The lowest BCUT2D eigenvalue weighted by atomic mass is 10.4. The average molecular weight is 179 g/mol. The smallest absolute Gasteiger partial charge is 0.328 e. The SMILES string of the molecule is CC(Br)C=CC(=O)O. The van der Waals surface area contributed by atoms with Gasteiger partial charge in [-0.3, -0.25) is 0 Å². The first-order valence-corrected chi connectivity index (χ1v) is 3.09. The predicted octanol–water partition coefficient (Wildman–Crippen LogP) is 1.41. The molecule has 0 spiro atoms. The molecule has 46 valence electrons. The van der Waals surface area contributed by atoms with Crippen LogP contribution >= 0.6 is 15.9 Å². The lowest BCUT2D eigenvalue weighted by molar-refractivity contribution is -0.131. The predicted molar refractivity (Wildman–Crippen MR) is 35.2 cm³/mol. The summed E-state index contributed by atoms with van der Waals surface area (Å²) in [6.45, 7) is 1.85. The van der Waals surface area contributed by atoms with E-state index in [1.807, 2.05) is 6.92 Å². The number of aliphatic carboxylic acids is 1. The summed E-state index contributed by atoms with van der Waals surface area (Å²) in [6, 6.07) is 0. The molecule has 0 saturated heterocycles. The third kappa shape index (κ3) is 5.69. The Morgan fingerprint density at radius 3 is 2.50 bits per heavy atom. The second-order valence-electron chi connectivity index (χ2n) is 1.37. The van der Waals surface area contributed by atoms with Crippen LogP contribution in [0.2, 0.25) is 0 Å². The largest absolute Gasteiger partial charge is 0.478 e. The second kappa shape index (κ2) is 3.66. The van der Waals surface area contributed by atoms with Crippen molar-refractivity contribution in [2.24, 2.45) is 0 Å². The van der Waals surface area contributed by atoms with E-state index < -0.39 is 5.97 Å². The van der Waals surface area contributed by atoms with Crippen molar-refractivity contribution in [3.63, 3.8) is 0 Å². The van der Waals surface area contributed by atoms with Crippen molar-refractivity contribution < 1.29 is 9.90 Å². The Kier molecular flexibility index (Phi) is 3.52. The topological polar surface area (TPSA) is 37.3 Å². The minimum atomic E-state index is -0.906. The monoisotopic (exact) mass is 178 g/mol. The fraction of sp³-hybridized carbons (Fsp3) is 0.400. The Balaban J connectivity index is 3.50. The van der Waals surface area contributed by atoms with Crippen LogP contribution in [0.5, 0.6) is 0 Å². The van der Waals surface area contributed by atoms with E-state index in [1.54, 1.807) is 6.08 Å². The number of carbonyl (C=O) groups is 1. The van der Waals surface area contributed by atoms with Gasteiger partial charge >= 0.3 is 5.97 Å². The first-order valence-electron chi connectivity index (χ1n) is 2.18. The first kappa shape index (κ1) is 7.69. The van der Waals surface area contributed by atoms with Gasteiger partial charge in [0.15, 0.2) is 0 Å². The Morgan fingerprint density at radius 1 is 1.88 bits per heavy atom. The van der Waals surface area contributed by atoms with Gasteiger partial charge in [0.2, 0.25) is 0 Å². The van der Waals surface area contributed by atoms with Gasteiger partial charge in [-0.2, -0.15) is 0 Å². The summed E-state index contributed by atoms with van der Waals surface area (Å²) in [6.07, 6.45) is 2.67. The van der Waals surface area contributed by atoms with Crippen molar-refractivity contribution in [3.05, 3.63) is 12.2 Å². The van der Waals surface area contributed by atoms with Crippen molar-refractivity contribution in [1.29, 1.82) is 0 Å². The van der Waals surface area contributed by atoms with E-state index in [9.17, 15) is 4.79 Å². The molecular weight excluding hydrogens is 172 g/mol. The minimum Gasteiger partial charge on any atom is -0.478 e. The first-order chi connectivity index (χ1) is 3.63. The van der Waals surface area contributed by atoms with Crippen LogP contribution < -0.4 is 0 Å². The van der Waals surface area contributed by atoms with Crippen LogP contribution in [0.3, 0.4) is 0 Å². The number of rotatable bonds is 2. The third-order valence-corrected chi connectivity index (χ3v) is 0.809. The van der Waals surface area contributed by atoms with Gasteiger partial charge in [0.25, 0.3) is 0 Å². The van der Waals surface area contributed by atoms with Crippen LogP contribution in [0.15, 0.2) is 12.2 Å². The lowest BCUT2D eigenvalue weighted by Crippen LogP contribution is -1.89. The minimum absolute atomic E-state index is 0.138. The van der Waals surface area contributed by atoms with Crippen LogP contribution in [-0.4, -0.2) is 15.9 Å². The zero-order chi connectivity index (χ0) is 6.57. The third-order valence-electron chi connectivity index (χ3n) is 0.504. The molecule has 0 amide bonds. The van der Waals surface area contributed by atoms with E-state index in [-0.39, 0.29) is 4.83 Å². The molecular formula is C5H7BrO2. The van der Waals surface area contributed by atoms with Gasteiger partial charge in [0.05, 0.1) is 0 Å². The molecule has 0 aliphatic carbocycles. The Bertz CT molecular complexity index is 107. The molecule has 1 N–H and O–H groups in total. The van der Waals surface area contributed by atoms with E-state index in [1.165, 1.54) is 0 Å². The van der Waals surface area contributed by atoms with Gasteiger partial charge in [0, 0.05) is 10.9 Å². The van der Waals surface area contributed by atoms with Gasteiger partial charge in [-0.05, 0) is 6.92 Å². The summed E-state index contributed by atoms with van der Waals surface area (Å²) in [5.74, 6) is -0.906. The quantitative estimate of drug-likeness (QED) is 0.513. The van der Waals surface area contributed by atoms with E-state index in [0.29, 0.717) is 0 Å². The molecule has 0 bridgehead atoms. The van der Waals surface area contributed by atoms with E-state index in [2.05, 4.69) is 15.9 Å². The molecule has 0 fully saturated rings. The highest BCUT2D eigenvalue weighted by atomic mass is 79.9. The summed E-state index contributed by atoms with van der Waals surface area (Å²) in [5.41, 5.74) is 0. The standard InChI is InChI=1S/C5H7BrO2/c1-4(6)2-3-5(7)8/h2-4H,1H3,(H,7,8). The molecule has 2 nitrogen and oxygen atoms in total. The van der Waals surface area contributed by atoms with Gasteiger partial charge in [-0.1, -0.05) is 22.0 Å². The average Bonchev–Trinajstić information content (AvgIpc) is 1.61. The number of allylic oxidation sites excluding steroid dienone is 1. The summed E-state index contributed by atoms with van der Waals surface area (Å²) in [4.78, 5) is 9.93. The van der Waals surface area contributed by atoms with Crippen LogP contribution in [0.4, 0.5) is 0 Å². The molecule has 0 aromatic rings. The number of carboxylic acid groups (broad SMARTS) is 1. The number of hydrogen-bond acceptors (Lipinski definition) is 1. The summed E-state index contributed by atoms with van der Waals surface area (Å²) >= 11 is 3.15. The molecule has 1 atom stereocenters. The van der Waals surface area contributed by atoms with Crippen molar-refractivity contribution >= 4 is 21.9 Å². The normalized spacial score (nSPS) is 14.2. The number of halogens is 1. The molecule has 0 saturated carbocycles. The van der Waals surface area contributed by atoms with Gasteiger partial charge < -0.3 is 5.11 Å². The van der Waals surface area contributed by atoms with Crippen LogP contribution in [0.1, 0.15) is 6.92 Å². The highest BCUT2D eigenvalue weighted by molar-refractivity contribution is 9.09. The highest BCUT2D eigenvalue weighted by Crippen LogP contribution is 1.97. The molecule has 0 radical (unpaired) electrons.